The van der Waals surface area contributed by atoms with Crippen molar-refractivity contribution < 1.29 is 14.6 Å². The van der Waals surface area contributed by atoms with Gasteiger partial charge in [0, 0.05) is 25.2 Å². The van der Waals surface area contributed by atoms with Crippen molar-refractivity contribution in [3.8, 4) is 0 Å². The fraction of sp³-hybridized carbons (Fsp3) is 0.471. The largest absolute Gasteiger partial charge is 0.478 e. The second-order valence-electron chi connectivity index (χ2n) is 5.79. The summed E-state index contributed by atoms with van der Waals surface area (Å²) in [6.07, 6.45) is 6.90. The molecule has 4 heteroatoms. The van der Waals surface area contributed by atoms with E-state index in [0.29, 0.717) is 12.1 Å². The molecule has 1 N–H and O–H groups in total. The zero-order valence-electron chi connectivity index (χ0n) is 12.1. The van der Waals surface area contributed by atoms with Gasteiger partial charge in [-0.3, -0.25) is 4.90 Å². The van der Waals surface area contributed by atoms with Crippen LogP contribution in [0.1, 0.15) is 30.4 Å². The number of fused-ring (bicyclic) bond motifs is 1. The van der Waals surface area contributed by atoms with E-state index in [1.54, 1.807) is 6.08 Å². The van der Waals surface area contributed by atoms with E-state index in [1.807, 2.05) is 12.1 Å². The maximum atomic E-state index is 10.6. The molecule has 2 atom stereocenters. The van der Waals surface area contributed by atoms with Crippen LogP contribution in [0.25, 0.3) is 6.08 Å². The average Bonchev–Trinajstić information content (AvgIpc) is 2.95. The Hall–Kier alpha value is -1.65. The van der Waals surface area contributed by atoms with E-state index < -0.39 is 5.97 Å². The lowest BCUT2D eigenvalue weighted by molar-refractivity contribution is -0.131. The van der Waals surface area contributed by atoms with Gasteiger partial charge >= 0.3 is 5.97 Å². The van der Waals surface area contributed by atoms with E-state index in [-0.39, 0.29) is 0 Å². The summed E-state index contributed by atoms with van der Waals surface area (Å²) in [7, 11) is 0. The molecule has 0 radical (unpaired) electrons. The Morgan fingerprint density at radius 2 is 2.33 bits per heavy atom. The van der Waals surface area contributed by atoms with E-state index >= 15 is 0 Å². The average molecular weight is 287 g/mol. The second-order valence-corrected chi connectivity index (χ2v) is 5.79. The Morgan fingerprint density at radius 1 is 1.43 bits per heavy atom. The first-order chi connectivity index (χ1) is 10.2. The van der Waals surface area contributed by atoms with Crippen LogP contribution < -0.4 is 0 Å². The second kappa shape index (κ2) is 6.41. The summed E-state index contributed by atoms with van der Waals surface area (Å²) in [6.45, 7) is 2.72. The van der Waals surface area contributed by atoms with Gasteiger partial charge in [0.2, 0.25) is 0 Å². The number of carboxylic acid groups (broad SMARTS) is 1. The van der Waals surface area contributed by atoms with E-state index in [1.165, 1.54) is 30.9 Å². The first-order valence-electron chi connectivity index (χ1n) is 7.58. The number of rotatable bonds is 4. The third kappa shape index (κ3) is 3.52. The van der Waals surface area contributed by atoms with Crippen LogP contribution in [0.2, 0.25) is 0 Å². The summed E-state index contributed by atoms with van der Waals surface area (Å²) >= 11 is 0. The molecular weight excluding hydrogens is 266 g/mol. The molecule has 0 aromatic heterocycles. The highest BCUT2D eigenvalue weighted by Crippen LogP contribution is 2.30. The molecule has 1 saturated heterocycles. The fourth-order valence-corrected chi connectivity index (χ4v) is 3.40. The molecule has 1 saturated carbocycles. The number of morpholine rings is 1. The smallest absolute Gasteiger partial charge is 0.328 e. The van der Waals surface area contributed by atoms with Gasteiger partial charge in [0.15, 0.2) is 0 Å². The zero-order valence-corrected chi connectivity index (χ0v) is 12.1. The third-order valence-corrected chi connectivity index (χ3v) is 4.35. The number of hydrogen-bond acceptors (Lipinski definition) is 3. The van der Waals surface area contributed by atoms with Crippen LogP contribution in [0.4, 0.5) is 0 Å². The molecule has 4 nitrogen and oxygen atoms in total. The lowest BCUT2D eigenvalue weighted by atomic mass is 10.1. The number of carbonyl (C=O) groups is 1. The third-order valence-electron chi connectivity index (χ3n) is 4.35. The summed E-state index contributed by atoms with van der Waals surface area (Å²) in [5, 5.41) is 8.70. The molecule has 1 aliphatic heterocycles. The molecule has 1 heterocycles. The number of aliphatic carboxylic acids is 1. The summed E-state index contributed by atoms with van der Waals surface area (Å²) in [4.78, 5) is 13.1. The summed E-state index contributed by atoms with van der Waals surface area (Å²) in [5.41, 5.74) is 2.17. The highest BCUT2D eigenvalue weighted by Gasteiger charge is 2.35. The van der Waals surface area contributed by atoms with Gasteiger partial charge in [-0.25, -0.2) is 4.79 Å². The standard InChI is InChI=1S/C17H21NO3/c19-17(20)8-7-13-3-1-4-14(11-13)12-18-9-10-21-16-6-2-5-15(16)18/h1,3-4,7-8,11,15-16H,2,5-6,9-10,12H2,(H,19,20). The first kappa shape index (κ1) is 14.3. The van der Waals surface area contributed by atoms with Crippen LogP contribution >= 0.6 is 0 Å². The van der Waals surface area contributed by atoms with Gasteiger partial charge in [0.1, 0.15) is 0 Å². The van der Waals surface area contributed by atoms with Crippen molar-refractivity contribution in [3.63, 3.8) is 0 Å². The molecular formula is C17H21NO3. The number of carboxylic acids is 1. The van der Waals surface area contributed by atoms with Gasteiger partial charge in [0.05, 0.1) is 12.7 Å². The van der Waals surface area contributed by atoms with Crippen LogP contribution in [0.3, 0.4) is 0 Å². The molecule has 0 amide bonds. The van der Waals surface area contributed by atoms with E-state index in [4.69, 9.17) is 9.84 Å². The SMILES string of the molecule is O=C(O)C=Cc1cccc(CN2CCOC3CCCC32)c1. The Kier molecular flexibility index (Phi) is 4.36. The van der Waals surface area contributed by atoms with Gasteiger partial charge in [-0.2, -0.15) is 0 Å². The van der Waals surface area contributed by atoms with Crippen molar-refractivity contribution in [1.82, 2.24) is 4.90 Å². The molecule has 3 rings (SSSR count). The van der Waals surface area contributed by atoms with Crippen molar-refractivity contribution in [2.45, 2.75) is 38.0 Å². The van der Waals surface area contributed by atoms with Crippen molar-refractivity contribution >= 4 is 12.0 Å². The van der Waals surface area contributed by atoms with Crippen LogP contribution in [-0.2, 0) is 16.1 Å². The maximum absolute atomic E-state index is 10.6. The predicted molar refractivity (Wildman–Crippen MR) is 80.9 cm³/mol. The Morgan fingerprint density at radius 3 is 3.19 bits per heavy atom. The van der Waals surface area contributed by atoms with E-state index in [0.717, 1.165) is 25.3 Å². The van der Waals surface area contributed by atoms with Gasteiger partial charge in [-0.05, 0) is 36.5 Å². The molecule has 2 unspecified atom stereocenters. The molecule has 0 spiro atoms. The Balaban J connectivity index is 1.69. The normalized spacial score (nSPS) is 26.1. The van der Waals surface area contributed by atoms with Crippen LogP contribution in [0.15, 0.2) is 30.3 Å². The molecule has 21 heavy (non-hydrogen) atoms. The van der Waals surface area contributed by atoms with Gasteiger partial charge in [-0.1, -0.05) is 24.3 Å². The number of ether oxygens (including phenoxy) is 1. The minimum Gasteiger partial charge on any atom is -0.478 e. The minimum atomic E-state index is -0.914. The van der Waals surface area contributed by atoms with Crippen LogP contribution in [0, 0.1) is 0 Å². The molecule has 1 aliphatic carbocycles. The summed E-state index contributed by atoms with van der Waals surface area (Å²) in [6, 6.07) is 8.65. The topological polar surface area (TPSA) is 49.8 Å². The zero-order chi connectivity index (χ0) is 14.7. The van der Waals surface area contributed by atoms with E-state index in [2.05, 4.69) is 17.0 Å². The van der Waals surface area contributed by atoms with Gasteiger partial charge < -0.3 is 9.84 Å². The summed E-state index contributed by atoms with van der Waals surface area (Å²) in [5.74, 6) is -0.914. The highest BCUT2D eigenvalue weighted by molar-refractivity contribution is 5.85. The lowest BCUT2D eigenvalue weighted by Crippen LogP contribution is -2.47. The minimum absolute atomic E-state index is 0.411. The number of nitrogens with zero attached hydrogens (tertiary/aromatic N) is 1. The molecule has 2 aliphatic rings. The predicted octanol–water partition coefficient (Wildman–Crippen LogP) is 2.54. The number of hydrogen-bond donors (Lipinski definition) is 1. The van der Waals surface area contributed by atoms with E-state index in [9.17, 15) is 4.79 Å². The highest BCUT2D eigenvalue weighted by atomic mass is 16.5. The maximum Gasteiger partial charge on any atom is 0.328 e. The van der Waals surface area contributed by atoms with Crippen molar-refractivity contribution in [2.24, 2.45) is 0 Å². The fourth-order valence-electron chi connectivity index (χ4n) is 3.40. The first-order valence-corrected chi connectivity index (χ1v) is 7.58. The van der Waals surface area contributed by atoms with Crippen LogP contribution in [0.5, 0.6) is 0 Å². The van der Waals surface area contributed by atoms with Gasteiger partial charge in [0.25, 0.3) is 0 Å². The lowest BCUT2D eigenvalue weighted by Gasteiger charge is -2.37. The Bertz CT molecular complexity index is 541. The Labute approximate surface area is 125 Å². The molecule has 112 valence electrons. The monoisotopic (exact) mass is 287 g/mol. The van der Waals surface area contributed by atoms with Crippen molar-refractivity contribution in [2.75, 3.05) is 13.2 Å². The number of benzene rings is 1. The van der Waals surface area contributed by atoms with Gasteiger partial charge in [-0.15, -0.1) is 0 Å². The van der Waals surface area contributed by atoms with Crippen LogP contribution in [-0.4, -0.2) is 41.3 Å². The summed E-state index contributed by atoms with van der Waals surface area (Å²) < 4.78 is 5.84. The molecule has 1 aromatic carbocycles. The molecule has 1 aromatic rings. The molecule has 0 bridgehead atoms. The molecule has 2 fully saturated rings. The quantitative estimate of drug-likeness (QED) is 0.865. The van der Waals surface area contributed by atoms with Crippen molar-refractivity contribution in [1.29, 1.82) is 0 Å². The van der Waals surface area contributed by atoms with Crippen molar-refractivity contribution in [3.05, 3.63) is 41.5 Å².